The lowest BCUT2D eigenvalue weighted by atomic mass is 10.2. The van der Waals surface area contributed by atoms with E-state index in [1.165, 1.54) is 18.2 Å². The molecule has 0 spiro atoms. The fourth-order valence-corrected chi connectivity index (χ4v) is 1.98. The predicted octanol–water partition coefficient (Wildman–Crippen LogP) is 2.34. The quantitative estimate of drug-likeness (QED) is 0.464. The van der Waals surface area contributed by atoms with E-state index in [0.717, 1.165) is 12.1 Å². The average Bonchev–Trinajstić information content (AvgIpc) is 2.43. The Morgan fingerprint density at radius 3 is 2.00 bits per heavy atom. The number of esters is 1. The minimum atomic E-state index is -5.94. The number of rotatable bonds is 5. The summed E-state index contributed by atoms with van der Waals surface area (Å²) < 4.78 is 94.1. The van der Waals surface area contributed by atoms with E-state index >= 15 is 0 Å². The molecule has 0 aromatic heterocycles. The van der Waals surface area contributed by atoms with Gasteiger partial charge in [-0.2, -0.15) is 30.4 Å². The van der Waals surface area contributed by atoms with E-state index < -0.39 is 39.2 Å². The van der Waals surface area contributed by atoms with E-state index in [1.807, 2.05) is 0 Å². The molecule has 0 radical (unpaired) electrons. The predicted molar refractivity (Wildman–Crippen MR) is 62.6 cm³/mol. The molecule has 1 aromatic carbocycles. The molecule has 1 aromatic rings. The second-order valence-corrected chi connectivity index (χ2v) is 5.66. The molecule has 0 aliphatic carbocycles. The lowest BCUT2D eigenvalue weighted by molar-refractivity contribution is -0.248. The van der Waals surface area contributed by atoms with Gasteiger partial charge in [0.15, 0.2) is 0 Å². The van der Waals surface area contributed by atoms with Gasteiger partial charge in [0.05, 0.1) is 12.7 Å². The summed E-state index contributed by atoms with van der Waals surface area (Å²) in [6.07, 6.45) is -10.0. The van der Waals surface area contributed by atoms with Gasteiger partial charge in [0.1, 0.15) is 0 Å². The Hall–Kier alpha value is -1.75. The highest BCUT2D eigenvalue weighted by Gasteiger charge is 2.66. The maximum atomic E-state index is 13.5. The van der Waals surface area contributed by atoms with Crippen molar-refractivity contribution in [3.8, 4) is 0 Å². The van der Waals surface area contributed by atoms with Crippen LogP contribution in [0.4, 0.5) is 22.0 Å². The minimum Gasteiger partial charge on any atom is -0.441 e. The summed E-state index contributed by atoms with van der Waals surface area (Å²) in [4.78, 5) is 11.5. The molecule has 11 heteroatoms. The summed E-state index contributed by atoms with van der Waals surface area (Å²) in [5.41, 5.74) is -0.456. The van der Waals surface area contributed by atoms with Gasteiger partial charge < -0.3 is 4.74 Å². The summed E-state index contributed by atoms with van der Waals surface area (Å²) in [6.45, 7) is 0. The van der Waals surface area contributed by atoms with Crippen LogP contribution in [0.2, 0.25) is 0 Å². The van der Waals surface area contributed by atoms with Gasteiger partial charge in [-0.15, -0.1) is 0 Å². The molecule has 0 heterocycles. The van der Waals surface area contributed by atoms with E-state index in [0.29, 0.717) is 0 Å². The van der Waals surface area contributed by atoms with Gasteiger partial charge in [0.25, 0.3) is 6.10 Å². The lowest BCUT2D eigenvalue weighted by Crippen LogP contribution is -2.52. The molecular formula is C11H9F5O5S. The number of alkyl halides is 5. The molecular weight excluding hydrogens is 339 g/mol. The molecule has 0 fully saturated rings. The monoisotopic (exact) mass is 348 g/mol. The number of ether oxygens (including phenoxy) is 1. The largest absolute Gasteiger partial charge is 0.441 e. The summed E-state index contributed by atoms with van der Waals surface area (Å²) in [5, 5.41) is -5.51. The second kappa shape index (κ2) is 6.16. The summed E-state index contributed by atoms with van der Waals surface area (Å²) in [5.74, 6) is -1.76. The smallest absolute Gasteiger partial charge is 0.432 e. The van der Waals surface area contributed by atoms with Crippen LogP contribution in [0, 0.1) is 0 Å². The Kier molecular flexibility index (Phi) is 5.13. The first-order valence-electron chi connectivity index (χ1n) is 5.44. The Labute approximate surface area is 121 Å². The Morgan fingerprint density at radius 2 is 1.59 bits per heavy atom. The summed E-state index contributed by atoms with van der Waals surface area (Å²) >= 11 is 0. The van der Waals surface area contributed by atoms with Gasteiger partial charge in [-0.1, -0.05) is 18.2 Å². The van der Waals surface area contributed by atoms with Gasteiger partial charge in [0, 0.05) is 0 Å². The molecule has 0 aliphatic heterocycles. The number of hydrogen-bond acceptors (Lipinski definition) is 5. The van der Waals surface area contributed by atoms with Crippen LogP contribution in [0.15, 0.2) is 30.3 Å². The fourth-order valence-electron chi connectivity index (χ4n) is 1.32. The first kappa shape index (κ1) is 18.3. The van der Waals surface area contributed by atoms with Crippen molar-refractivity contribution in [2.24, 2.45) is 0 Å². The van der Waals surface area contributed by atoms with Crippen molar-refractivity contribution in [2.45, 2.75) is 17.5 Å². The van der Waals surface area contributed by atoms with Crippen molar-refractivity contribution in [3.05, 3.63) is 35.9 Å². The van der Waals surface area contributed by atoms with E-state index in [-0.39, 0.29) is 7.11 Å². The molecule has 124 valence electrons. The third-order valence-electron chi connectivity index (χ3n) is 2.39. The van der Waals surface area contributed by atoms with E-state index in [9.17, 15) is 35.2 Å². The zero-order chi connectivity index (χ0) is 17.2. The molecule has 0 bridgehead atoms. The molecule has 1 unspecified atom stereocenters. The number of benzene rings is 1. The van der Waals surface area contributed by atoms with Crippen LogP contribution >= 0.6 is 0 Å². The molecule has 0 amide bonds. The van der Waals surface area contributed by atoms with Crippen molar-refractivity contribution in [2.75, 3.05) is 7.11 Å². The van der Waals surface area contributed by atoms with Gasteiger partial charge in [-0.25, -0.2) is 4.79 Å². The van der Waals surface area contributed by atoms with Gasteiger partial charge in [-0.3, -0.25) is 4.18 Å². The molecule has 0 saturated carbocycles. The van der Waals surface area contributed by atoms with Crippen LogP contribution in [0.1, 0.15) is 10.4 Å². The Balaban J connectivity index is 3.19. The van der Waals surface area contributed by atoms with Crippen molar-refractivity contribution in [3.63, 3.8) is 0 Å². The second-order valence-electron chi connectivity index (χ2n) is 3.88. The zero-order valence-corrected chi connectivity index (χ0v) is 11.6. The highest BCUT2D eigenvalue weighted by atomic mass is 32.2. The first-order valence-corrected chi connectivity index (χ1v) is 6.85. The molecule has 1 atom stereocenters. The molecule has 1 rings (SSSR count). The fraction of sp³-hybridized carbons (Fsp3) is 0.364. The highest BCUT2D eigenvalue weighted by Crippen LogP contribution is 2.39. The van der Waals surface area contributed by atoms with E-state index in [2.05, 4.69) is 8.92 Å². The summed E-state index contributed by atoms with van der Waals surface area (Å²) in [7, 11) is -5.68. The Bertz CT molecular complexity index is 626. The van der Waals surface area contributed by atoms with Crippen molar-refractivity contribution >= 4 is 16.1 Å². The minimum absolute atomic E-state index is 0.260. The highest BCUT2D eigenvalue weighted by molar-refractivity contribution is 7.87. The normalized spacial score (nSPS) is 14.5. The first-order chi connectivity index (χ1) is 9.93. The van der Waals surface area contributed by atoms with Crippen LogP contribution < -0.4 is 0 Å². The number of hydrogen-bond donors (Lipinski definition) is 0. The van der Waals surface area contributed by atoms with Gasteiger partial charge in [0.2, 0.25) is 0 Å². The zero-order valence-electron chi connectivity index (χ0n) is 10.8. The third kappa shape index (κ3) is 3.71. The SMILES string of the molecule is COS(=O)(=O)C(F)(F)C(OC(=O)c1ccccc1)C(F)(F)F. The van der Waals surface area contributed by atoms with Gasteiger partial charge >= 0.3 is 27.5 Å². The number of carbonyl (C=O) groups is 1. The van der Waals surface area contributed by atoms with Crippen LogP contribution in [0.25, 0.3) is 0 Å². The number of carbonyl (C=O) groups excluding carboxylic acids is 1. The van der Waals surface area contributed by atoms with E-state index in [4.69, 9.17) is 0 Å². The van der Waals surface area contributed by atoms with Crippen LogP contribution in [-0.2, 0) is 19.0 Å². The maximum absolute atomic E-state index is 13.5. The number of halogens is 5. The van der Waals surface area contributed by atoms with E-state index in [1.54, 1.807) is 0 Å². The maximum Gasteiger partial charge on any atom is 0.432 e. The standard InChI is InChI=1S/C11H9F5O5S/c1-20-22(18,19)11(15,16)9(10(12,13)14)21-8(17)7-5-3-2-4-6-7/h2-6,9H,1H3. The van der Waals surface area contributed by atoms with Crippen LogP contribution in [0.3, 0.4) is 0 Å². The molecule has 0 saturated heterocycles. The topological polar surface area (TPSA) is 69.7 Å². The van der Waals surface area contributed by atoms with Crippen molar-refractivity contribution < 1.29 is 44.1 Å². The Morgan fingerprint density at radius 1 is 1.09 bits per heavy atom. The average molecular weight is 348 g/mol. The van der Waals surface area contributed by atoms with Crippen LogP contribution in [-0.4, -0.2) is 39.0 Å². The van der Waals surface area contributed by atoms with Crippen molar-refractivity contribution in [1.29, 1.82) is 0 Å². The molecule has 0 N–H and O–H groups in total. The van der Waals surface area contributed by atoms with Crippen LogP contribution in [0.5, 0.6) is 0 Å². The van der Waals surface area contributed by atoms with Crippen molar-refractivity contribution in [1.82, 2.24) is 0 Å². The molecule has 22 heavy (non-hydrogen) atoms. The molecule has 5 nitrogen and oxygen atoms in total. The summed E-state index contributed by atoms with van der Waals surface area (Å²) in [6, 6.07) is 5.95. The molecule has 0 aliphatic rings. The lowest BCUT2D eigenvalue weighted by Gasteiger charge is -2.27. The van der Waals surface area contributed by atoms with Gasteiger partial charge in [-0.05, 0) is 12.1 Å². The third-order valence-corrected chi connectivity index (χ3v) is 3.71.